The first kappa shape index (κ1) is 12.1. The number of rotatable bonds is 3. The van der Waals surface area contributed by atoms with Crippen molar-refractivity contribution < 1.29 is 18.3 Å². The van der Waals surface area contributed by atoms with Crippen LogP contribution in [0.3, 0.4) is 0 Å². The topological polar surface area (TPSA) is 50.1 Å². The summed E-state index contributed by atoms with van der Waals surface area (Å²) in [5, 5.41) is 8.75. The number of ether oxygens (including phenoxy) is 1. The van der Waals surface area contributed by atoms with Gasteiger partial charge >= 0.3 is 5.97 Å². The summed E-state index contributed by atoms with van der Waals surface area (Å²) in [7, 11) is 0. The summed E-state index contributed by atoms with van der Waals surface area (Å²) in [6.07, 6.45) is 0. The molecular weight excluding hydrogens is 216 g/mol. The maximum Gasteiger partial charge on any atom is 0.328 e. The van der Waals surface area contributed by atoms with Gasteiger partial charge in [-0.15, -0.1) is 0 Å². The predicted molar refractivity (Wildman–Crippen MR) is 51.3 cm³/mol. The molecule has 1 unspecified atom stereocenters. The number of hydrogen-bond acceptors (Lipinski definition) is 3. The zero-order chi connectivity index (χ0) is 12.1. The van der Waals surface area contributed by atoms with Gasteiger partial charge in [-0.2, -0.15) is 5.26 Å². The molecule has 0 heterocycles. The molecule has 0 aliphatic carbocycles. The van der Waals surface area contributed by atoms with Crippen molar-refractivity contribution in [2.24, 2.45) is 0 Å². The molecule has 0 N–H and O–H groups in total. The number of carbonyl (C=O) groups excluding carboxylic acids is 1. The fourth-order valence-electron chi connectivity index (χ4n) is 1.22. The van der Waals surface area contributed by atoms with E-state index in [0.29, 0.717) is 0 Å². The lowest BCUT2D eigenvalue weighted by Gasteiger charge is -2.09. The molecular formula is C11H9F2NO2. The van der Waals surface area contributed by atoms with Gasteiger partial charge in [0.05, 0.1) is 12.7 Å². The molecule has 84 valence electrons. The lowest BCUT2D eigenvalue weighted by molar-refractivity contribution is -0.143. The molecule has 0 saturated heterocycles. The lowest BCUT2D eigenvalue weighted by atomic mass is 10.00. The van der Waals surface area contributed by atoms with E-state index in [1.807, 2.05) is 0 Å². The quantitative estimate of drug-likeness (QED) is 0.740. The number of hydrogen-bond donors (Lipinski definition) is 0. The second kappa shape index (κ2) is 5.21. The Morgan fingerprint density at radius 2 is 2.25 bits per heavy atom. The Labute approximate surface area is 91.3 Å². The normalized spacial score (nSPS) is 11.6. The van der Waals surface area contributed by atoms with E-state index in [1.54, 1.807) is 13.0 Å². The molecule has 1 rings (SSSR count). The third-order valence-corrected chi connectivity index (χ3v) is 1.94. The van der Waals surface area contributed by atoms with Crippen molar-refractivity contribution >= 4 is 5.97 Å². The van der Waals surface area contributed by atoms with Crippen LogP contribution in [-0.4, -0.2) is 12.6 Å². The van der Waals surface area contributed by atoms with Crippen molar-refractivity contribution in [3.63, 3.8) is 0 Å². The molecule has 0 spiro atoms. The fourth-order valence-corrected chi connectivity index (χ4v) is 1.22. The van der Waals surface area contributed by atoms with Crippen molar-refractivity contribution in [2.75, 3.05) is 6.61 Å². The van der Waals surface area contributed by atoms with Crippen LogP contribution in [0.5, 0.6) is 0 Å². The Bertz CT molecular complexity index is 440. The molecule has 0 aromatic heterocycles. The highest BCUT2D eigenvalue weighted by Gasteiger charge is 2.25. The van der Waals surface area contributed by atoms with Gasteiger partial charge in [-0.3, -0.25) is 4.79 Å². The minimum Gasteiger partial charge on any atom is -0.465 e. The van der Waals surface area contributed by atoms with E-state index in [-0.39, 0.29) is 12.2 Å². The molecule has 0 radical (unpaired) electrons. The van der Waals surface area contributed by atoms with Gasteiger partial charge in [-0.25, -0.2) is 8.78 Å². The first-order valence-electron chi connectivity index (χ1n) is 4.62. The molecule has 0 bridgehead atoms. The molecule has 1 aromatic rings. The molecule has 3 nitrogen and oxygen atoms in total. The highest BCUT2D eigenvalue weighted by molar-refractivity contribution is 5.81. The summed E-state index contributed by atoms with van der Waals surface area (Å²) < 4.78 is 30.8. The van der Waals surface area contributed by atoms with Crippen molar-refractivity contribution in [3.05, 3.63) is 35.4 Å². The summed E-state index contributed by atoms with van der Waals surface area (Å²) in [6.45, 7) is 1.64. The molecule has 0 fully saturated rings. The van der Waals surface area contributed by atoms with Crippen molar-refractivity contribution in [3.8, 4) is 6.07 Å². The van der Waals surface area contributed by atoms with Crippen molar-refractivity contribution in [1.29, 1.82) is 5.26 Å². The van der Waals surface area contributed by atoms with Gasteiger partial charge in [0.2, 0.25) is 0 Å². The van der Waals surface area contributed by atoms with Gasteiger partial charge in [0, 0.05) is 5.56 Å². The average Bonchev–Trinajstić information content (AvgIpc) is 2.25. The second-order valence-corrected chi connectivity index (χ2v) is 2.96. The lowest BCUT2D eigenvalue weighted by Crippen LogP contribution is -2.16. The summed E-state index contributed by atoms with van der Waals surface area (Å²) in [5.74, 6) is -4.60. The van der Waals surface area contributed by atoms with Crippen LogP contribution in [0.2, 0.25) is 0 Å². The maximum atomic E-state index is 13.3. The number of carbonyl (C=O) groups is 1. The Hall–Kier alpha value is -1.96. The third kappa shape index (κ3) is 2.34. The van der Waals surface area contributed by atoms with Crippen LogP contribution < -0.4 is 0 Å². The SMILES string of the molecule is CCOC(=O)C(C#N)c1cccc(F)c1F. The van der Waals surface area contributed by atoms with E-state index in [9.17, 15) is 13.6 Å². The van der Waals surface area contributed by atoms with Gasteiger partial charge in [0.15, 0.2) is 17.6 Å². The number of esters is 1. The van der Waals surface area contributed by atoms with Crippen LogP contribution in [0.15, 0.2) is 18.2 Å². The minimum absolute atomic E-state index is 0.0773. The van der Waals surface area contributed by atoms with E-state index in [1.165, 1.54) is 12.1 Å². The number of nitriles is 1. The monoisotopic (exact) mass is 225 g/mol. The van der Waals surface area contributed by atoms with E-state index in [2.05, 4.69) is 4.74 Å². The Morgan fingerprint density at radius 3 is 2.81 bits per heavy atom. The summed E-state index contributed by atoms with van der Waals surface area (Å²) >= 11 is 0. The van der Waals surface area contributed by atoms with Crippen LogP contribution in [0, 0.1) is 23.0 Å². The summed E-state index contributed by atoms with van der Waals surface area (Å²) in [6, 6.07) is 4.92. The van der Waals surface area contributed by atoms with Gasteiger partial charge in [-0.05, 0) is 13.0 Å². The van der Waals surface area contributed by atoms with Gasteiger partial charge in [0.25, 0.3) is 0 Å². The Balaban J connectivity index is 3.10. The van der Waals surface area contributed by atoms with E-state index < -0.39 is 23.5 Å². The Morgan fingerprint density at radius 1 is 1.56 bits per heavy atom. The third-order valence-electron chi connectivity index (χ3n) is 1.94. The van der Waals surface area contributed by atoms with Gasteiger partial charge < -0.3 is 4.74 Å². The second-order valence-electron chi connectivity index (χ2n) is 2.96. The predicted octanol–water partition coefficient (Wildman–Crippen LogP) is 2.14. The zero-order valence-corrected chi connectivity index (χ0v) is 8.54. The molecule has 1 atom stereocenters. The van der Waals surface area contributed by atoms with E-state index in [4.69, 9.17) is 5.26 Å². The molecule has 0 aliphatic rings. The van der Waals surface area contributed by atoms with E-state index in [0.717, 1.165) is 6.07 Å². The molecule has 0 aliphatic heterocycles. The van der Waals surface area contributed by atoms with Gasteiger partial charge in [0.1, 0.15) is 0 Å². The maximum absolute atomic E-state index is 13.3. The number of nitrogens with zero attached hydrogens (tertiary/aromatic N) is 1. The van der Waals surface area contributed by atoms with Crippen LogP contribution in [0.25, 0.3) is 0 Å². The van der Waals surface area contributed by atoms with Gasteiger partial charge in [-0.1, -0.05) is 12.1 Å². The molecule has 1 aromatic carbocycles. The summed E-state index contributed by atoms with van der Waals surface area (Å²) in [5.41, 5.74) is -0.305. The first-order valence-corrected chi connectivity index (χ1v) is 4.62. The molecule has 16 heavy (non-hydrogen) atoms. The highest BCUT2D eigenvalue weighted by Crippen LogP contribution is 2.21. The Kier molecular flexibility index (Phi) is 3.95. The summed E-state index contributed by atoms with van der Waals surface area (Å²) in [4.78, 5) is 11.3. The molecule has 0 saturated carbocycles. The molecule has 5 heteroatoms. The smallest absolute Gasteiger partial charge is 0.328 e. The highest BCUT2D eigenvalue weighted by atomic mass is 19.2. The largest absolute Gasteiger partial charge is 0.465 e. The van der Waals surface area contributed by atoms with Crippen LogP contribution in [0.4, 0.5) is 8.78 Å². The van der Waals surface area contributed by atoms with Crippen molar-refractivity contribution in [1.82, 2.24) is 0 Å². The van der Waals surface area contributed by atoms with Crippen LogP contribution in [-0.2, 0) is 9.53 Å². The molecule has 0 amide bonds. The average molecular weight is 225 g/mol. The van der Waals surface area contributed by atoms with Crippen LogP contribution in [0.1, 0.15) is 18.4 Å². The zero-order valence-electron chi connectivity index (χ0n) is 8.54. The number of benzene rings is 1. The minimum atomic E-state index is -1.43. The fraction of sp³-hybridized carbons (Fsp3) is 0.273. The van der Waals surface area contributed by atoms with E-state index >= 15 is 0 Å². The number of halogens is 2. The van der Waals surface area contributed by atoms with Crippen molar-refractivity contribution in [2.45, 2.75) is 12.8 Å². The first-order chi connectivity index (χ1) is 7.61. The standard InChI is InChI=1S/C11H9F2NO2/c1-2-16-11(15)8(6-14)7-4-3-5-9(12)10(7)13/h3-5,8H,2H2,1H3. The van der Waals surface area contributed by atoms with Crippen LogP contribution >= 0.6 is 0 Å².